The van der Waals surface area contributed by atoms with Crippen LogP contribution in [0.3, 0.4) is 0 Å². The molecule has 0 bridgehead atoms. The van der Waals surface area contributed by atoms with E-state index >= 15 is 0 Å². The Morgan fingerprint density at radius 3 is 2.43 bits per heavy atom. The number of carbonyl (C=O) groups is 2. The summed E-state index contributed by atoms with van der Waals surface area (Å²) < 4.78 is 25.5. The van der Waals surface area contributed by atoms with Crippen LogP contribution < -0.4 is 5.32 Å². The van der Waals surface area contributed by atoms with Gasteiger partial charge in [-0.25, -0.2) is 8.42 Å². The van der Waals surface area contributed by atoms with Gasteiger partial charge in [0.1, 0.15) is 0 Å². The van der Waals surface area contributed by atoms with Crippen LogP contribution in [-0.4, -0.2) is 26.2 Å². The molecule has 1 N–H and O–H groups in total. The van der Waals surface area contributed by atoms with E-state index in [0.29, 0.717) is 0 Å². The lowest BCUT2D eigenvalue weighted by atomic mass is 10.0. The van der Waals surface area contributed by atoms with E-state index in [4.69, 9.17) is 0 Å². The van der Waals surface area contributed by atoms with Crippen molar-refractivity contribution in [2.24, 2.45) is 0 Å². The zero-order chi connectivity index (χ0) is 16.2. The minimum Gasteiger partial charge on any atom is -0.349 e. The number of amides is 1. The molecule has 0 spiro atoms. The minimum absolute atomic E-state index is 0.00255. The Labute approximate surface area is 133 Å². The maximum Gasteiger partial charge on any atom is 0.251 e. The minimum atomic E-state index is -3.80. The lowest BCUT2D eigenvalue weighted by Gasteiger charge is -2.19. The van der Waals surface area contributed by atoms with Gasteiger partial charge in [-0.05, 0) is 43.2 Å². The van der Waals surface area contributed by atoms with Gasteiger partial charge in [-0.1, -0.05) is 12.1 Å². The zero-order valence-electron chi connectivity index (χ0n) is 12.1. The number of hydrogen-bond donors (Lipinski definition) is 1. The summed E-state index contributed by atoms with van der Waals surface area (Å²) in [6.07, 6.45) is 1.89. The number of fused-ring (bicyclic) bond motifs is 2. The summed E-state index contributed by atoms with van der Waals surface area (Å²) >= 11 is 0. The van der Waals surface area contributed by atoms with Crippen LogP contribution in [0.2, 0.25) is 0 Å². The number of rotatable bonds is 2. The van der Waals surface area contributed by atoms with Crippen molar-refractivity contribution in [3.63, 3.8) is 0 Å². The summed E-state index contributed by atoms with van der Waals surface area (Å²) in [5.74, 6) is -0.642. The molecule has 0 unspecified atom stereocenters. The fraction of sp³-hybridized carbons (Fsp3) is 0.176. The zero-order valence-corrected chi connectivity index (χ0v) is 12.9. The second-order valence-corrected chi connectivity index (χ2v) is 7.67. The quantitative estimate of drug-likeness (QED) is 0.780. The van der Waals surface area contributed by atoms with Gasteiger partial charge in [-0.15, -0.1) is 0 Å². The Bertz CT molecular complexity index is 958. The molecule has 0 radical (unpaired) electrons. The molecular weight excluding hydrogens is 314 g/mol. The SMILES string of the molecule is O=C(NC1CC1)c1ccc2c(c1)S(=O)(=O)c1ccccc1C2=O. The van der Waals surface area contributed by atoms with E-state index in [9.17, 15) is 18.0 Å². The highest BCUT2D eigenvalue weighted by atomic mass is 32.2. The molecule has 116 valence electrons. The van der Waals surface area contributed by atoms with Gasteiger partial charge in [0.2, 0.25) is 9.84 Å². The molecule has 1 saturated carbocycles. The first-order valence-electron chi connectivity index (χ1n) is 7.32. The molecule has 2 aromatic rings. The summed E-state index contributed by atoms with van der Waals surface area (Å²) in [4.78, 5) is 24.5. The lowest BCUT2D eigenvalue weighted by Crippen LogP contribution is -2.26. The highest BCUT2D eigenvalue weighted by Gasteiger charge is 2.35. The third-order valence-electron chi connectivity index (χ3n) is 4.11. The number of benzene rings is 2. The summed E-state index contributed by atoms with van der Waals surface area (Å²) in [5, 5.41) is 2.82. The van der Waals surface area contributed by atoms with Gasteiger partial charge in [0, 0.05) is 22.7 Å². The molecule has 1 amide bonds. The number of hydrogen-bond acceptors (Lipinski definition) is 4. The van der Waals surface area contributed by atoms with Crippen molar-refractivity contribution in [2.45, 2.75) is 28.7 Å². The van der Waals surface area contributed by atoms with E-state index in [1.54, 1.807) is 12.1 Å². The van der Waals surface area contributed by atoms with E-state index in [-0.39, 0.29) is 44.2 Å². The van der Waals surface area contributed by atoms with Crippen molar-refractivity contribution in [1.82, 2.24) is 5.32 Å². The van der Waals surface area contributed by atoms with Crippen LogP contribution in [0.25, 0.3) is 0 Å². The second-order valence-electron chi connectivity index (χ2n) is 5.79. The molecule has 1 heterocycles. The molecule has 1 aliphatic heterocycles. The van der Waals surface area contributed by atoms with Crippen LogP contribution in [0.4, 0.5) is 0 Å². The van der Waals surface area contributed by atoms with Gasteiger partial charge in [0.05, 0.1) is 9.79 Å². The topological polar surface area (TPSA) is 80.3 Å². The van der Waals surface area contributed by atoms with E-state index in [1.807, 2.05) is 0 Å². The smallest absolute Gasteiger partial charge is 0.251 e. The summed E-state index contributed by atoms with van der Waals surface area (Å²) in [6, 6.07) is 10.5. The first-order valence-corrected chi connectivity index (χ1v) is 8.80. The molecule has 2 aliphatic rings. The number of sulfone groups is 1. The van der Waals surface area contributed by atoms with Gasteiger partial charge in [-0.2, -0.15) is 0 Å². The average Bonchev–Trinajstić information content (AvgIpc) is 3.36. The largest absolute Gasteiger partial charge is 0.349 e. The summed E-state index contributed by atoms with van der Waals surface area (Å²) in [5.41, 5.74) is 0.549. The van der Waals surface area contributed by atoms with E-state index < -0.39 is 9.84 Å². The maximum atomic E-state index is 12.8. The van der Waals surface area contributed by atoms with Gasteiger partial charge in [-0.3, -0.25) is 9.59 Å². The second kappa shape index (κ2) is 4.76. The highest BCUT2D eigenvalue weighted by molar-refractivity contribution is 7.91. The van der Waals surface area contributed by atoms with Crippen LogP contribution >= 0.6 is 0 Å². The van der Waals surface area contributed by atoms with Crippen LogP contribution in [0, 0.1) is 0 Å². The maximum absolute atomic E-state index is 12.8. The van der Waals surface area contributed by atoms with Gasteiger partial charge in [0.25, 0.3) is 5.91 Å². The van der Waals surface area contributed by atoms with E-state index in [0.717, 1.165) is 12.8 Å². The summed E-state index contributed by atoms with van der Waals surface area (Å²) in [6.45, 7) is 0. The molecule has 23 heavy (non-hydrogen) atoms. The van der Waals surface area contributed by atoms with Gasteiger partial charge < -0.3 is 5.32 Å². The lowest BCUT2D eigenvalue weighted by molar-refractivity contribution is 0.0949. The monoisotopic (exact) mass is 327 g/mol. The van der Waals surface area contributed by atoms with Crippen LogP contribution in [0.15, 0.2) is 52.3 Å². The van der Waals surface area contributed by atoms with Crippen LogP contribution in [0.1, 0.15) is 39.1 Å². The molecule has 1 aliphatic carbocycles. The molecule has 0 aromatic heterocycles. The van der Waals surface area contributed by atoms with Crippen molar-refractivity contribution >= 4 is 21.5 Å². The Morgan fingerprint density at radius 1 is 1.00 bits per heavy atom. The highest BCUT2D eigenvalue weighted by Crippen LogP contribution is 2.34. The predicted molar refractivity (Wildman–Crippen MR) is 82.3 cm³/mol. The van der Waals surface area contributed by atoms with Crippen molar-refractivity contribution in [3.05, 3.63) is 59.2 Å². The van der Waals surface area contributed by atoms with Crippen molar-refractivity contribution in [3.8, 4) is 0 Å². The van der Waals surface area contributed by atoms with Crippen molar-refractivity contribution in [1.29, 1.82) is 0 Å². The normalized spacial score (nSPS) is 18.0. The van der Waals surface area contributed by atoms with E-state index in [1.165, 1.54) is 30.3 Å². The molecule has 1 fully saturated rings. The Hall–Kier alpha value is -2.47. The molecule has 0 saturated heterocycles. The number of ketones is 1. The van der Waals surface area contributed by atoms with E-state index in [2.05, 4.69) is 5.32 Å². The molecular formula is C17H13NO4S. The third-order valence-corrected chi connectivity index (χ3v) is 5.96. The van der Waals surface area contributed by atoms with Crippen molar-refractivity contribution < 1.29 is 18.0 Å². The fourth-order valence-corrected chi connectivity index (χ4v) is 4.40. The first kappa shape index (κ1) is 14.1. The summed E-state index contributed by atoms with van der Waals surface area (Å²) in [7, 11) is -3.80. The predicted octanol–water partition coefficient (Wildman–Crippen LogP) is 1.96. The van der Waals surface area contributed by atoms with Gasteiger partial charge >= 0.3 is 0 Å². The fourth-order valence-electron chi connectivity index (χ4n) is 2.72. The Kier molecular flexibility index (Phi) is 2.93. The molecule has 2 aromatic carbocycles. The molecule has 0 atom stereocenters. The number of carbonyl (C=O) groups excluding carboxylic acids is 2. The first-order chi connectivity index (χ1) is 11.0. The van der Waals surface area contributed by atoms with Crippen LogP contribution in [0.5, 0.6) is 0 Å². The Morgan fingerprint density at radius 2 is 1.70 bits per heavy atom. The third kappa shape index (κ3) is 2.17. The Balaban J connectivity index is 1.86. The van der Waals surface area contributed by atoms with Crippen molar-refractivity contribution in [2.75, 3.05) is 0 Å². The molecule has 6 heteroatoms. The van der Waals surface area contributed by atoms with Gasteiger partial charge in [0.15, 0.2) is 5.78 Å². The van der Waals surface area contributed by atoms with Crippen LogP contribution in [-0.2, 0) is 9.84 Å². The average molecular weight is 327 g/mol. The molecule has 4 rings (SSSR count). The number of nitrogens with one attached hydrogen (secondary N) is 1. The standard InChI is InChI=1S/C17H13NO4S/c19-16-12-3-1-2-4-14(12)23(21,22)15-9-10(5-8-13(15)16)17(20)18-11-6-7-11/h1-5,8-9,11H,6-7H2,(H,18,20). The molecule has 5 nitrogen and oxygen atoms in total.